The summed E-state index contributed by atoms with van der Waals surface area (Å²) in [5.41, 5.74) is 1.73. The lowest BCUT2D eigenvalue weighted by Gasteiger charge is -2.20. The van der Waals surface area contributed by atoms with E-state index in [-0.39, 0.29) is 6.04 Å². The Morgan fingerprint density at radius 2 is 2.43 bits per heavy atom. The van der Waals surface area contributed by atoms with Crippen LogP contribution in [-0.4, -0.2) is 36.3 Å². The smallest absolute Gasteiger partial charge is 0.139 e. The van der Waals surface area contributed by atoms with E-state index in [4.69, 9.17) is 16.3 Å². The number of H-pyrrole nitrogens is 1. The van der Waals surface area contributed by atoms with Crippen LogP contribution >= 0.6 is 11.6 Å². The monoisotopic (exact) mass is 308 g/mol. The molecule has 3 N–H and O–H groups in total. The summed E-state index contributed by atoms with van der Waals surface area (Å²) in [6.45, 7) is 5.16. The molecule has 2 aromatic rings. The molecule has 0 saturated carbocycles. The van der Waals surface area contributed by atoms with Gasteiger partial charge in [-0.3, -0.25) is 0 Å². The summed E-state index contributed by atoms with van der Waals surface area (Å²) in [6.07, 6.45) is 7.22. The summed E-state index contributed by atoms with van der Waals surface area (Å²) in [7, 11) is 1.71. The number of aromatic nitrogens is 2. The topological polar surface area (TPSA) is 62.0 Å². The molecule has 5 nitrogen and oxygen atoms in total. The molecule has 2 rings (SSSR count). The molecule has 0 radical (unpaired) electrons. The van der Waals surface area contributed by atoms with Gasteiger partial charge < -0.3 is 20.4 Å². The molecule has 2 heterocycles. The highest BCUT2D eigenvalue weighted by atomic mass is 35.5. The van der Waals surface area contributed by atoms with Crippen molar-refractivity contribution in [3.63, 3.8) is 0 Å². The van der Waals surface area contributed by atoms with Crippen molar-refractivity contribution in [3.8, 4) is 0 Å². The average Bonchev–Trinajstić information content (AvgIpc) is 2.95. The molecule has 0 amide bonds. The number of ether oxygens (including phenoxy) is 1. The summed E-state index contributed by atoms with van der Waals surface area (Å²) in [5.74, 6) is 0. The first-order chi connectivity index (χ1) is 10.3. The van der Waals surface area contributed by atoms with Crippen LogP contribution in [-0.2, 0) is 4.74 Å². The molecule has 2 aromatic heterocycles. The SMILES string of the molecule is C=CNCCCC(COC)Nc1c(Cl)cnc2[nH]ccc12. The van der Waals surface area contributed by atoms with Gasteiger partial charge in [-0.05, 0) is 25.1 Å². The van der Waals surface area contributed by atoms with Crippen LogP contribution in [0.3, 0.4) is 0 Å². The Bertz CT molecular complexity index is 584. The highest BCUT2D eigenvalue weighted by molar-refractivity contribution is 6.34. The summed E-state index contributed by atoms with van der Waals surface area (Å²) in [6, 6.07) is 2.17. The Kier molecular flexibility index (Phi) is 5.90. The molecule has 0 bridgehead atoms. The van der Waals surface area contributed by atoms with Gasteiger partial charge in [0.05, 0.1) is 23.5 Å². The second-order valence-electron chi connectivity index (χ2n) is 4.82. The van der Waals surface area contributed by atoms with Crippen LogP contribution in [0.4, 0.5) is 5.69 Å². The minimum Gasteiger partial charge on any atom is -0.391 e. The Morgan fingerprint density at radius 1 is 1.57 bits per heavy atom. The van der Waals surface area contributed by atoms with Crippen LogP contribution in [0.15, 0.2) is 31.2 Å². The number of fused-ring (bicyclic) bond motifs is 1. The van der Waals surface area contributed by atoms with E-state index in [1.54, 1.807) is 19.5 Å². The molecule has 0 saturated heterocycles. The molecule has 1 unspecified atom stereocenters. The zero-order valence-electron chi connectivity index (χ0n) is 12.2. The van der Waals surface area contributed by atoms with E-state index in [2.05, 4.69) is 27.2 Å². The van der Waals surface area contributed by atoms with E-state index in [0.717, 1.165) is 36.1 Å². The standard InChI is InChI=1S/C15H21ClN4O/c1-3-17-7-4-5-11(10-21-2)20-14-12-6-8-18-15(12)19-9-13(14)16/h3,6,8-9,11,17H,1,4-5,7,10H2,2H3,(H2,18,19,20). The molecule has 0 spiro atoms. The molecule has 6 heteroatoms. The van der Waals surface area contributed by atoms with Crippen LogP contribution in [0.1, 0.15) is 12.8 Å². The van der Waals surface area contributed by atoms with Crippen LogP contribution in [0.5, 0.6) is 0 Å². The van der Waals surface area contributed by atoms with Gasteiger partial charge in [0.25, 0.3) is 0 Å². The number of pyridine rings is 1. The first-order valence-electron chi connectivity index (χ1n) is 6.97. The maximum Gasteiger partial charge on any atom is 0.139 e. The molecule has 21 heavy (non-hydrogen) atoms. The van der Waals surface area contributed by atoms with Gasteiger partial charge in [-0.2, -0.15) is 0 Å². The molecule has 0 aliphatic heterocycles. The van der Waals surface area contributed by atoms with Crippen molar-refractivity contribution < 1.29 is 4.74 Å². The second-order valence-corrected chi connectivity index (χ2v) is 5.23. The van der Waals surface area contributed by atoms with Crippen molar-refractivity contribution >= 4 is 28.3 Å². The third-order valence-electron chi connectivity index (χ3n) is 3.27. The van der Waals surface area contributed by atoms with Crippen molar-refractivity contribution in [2.24, 2.45) is 0 Å². The van der Waals surface area contributed by atoms with Gasteiger partial charge in [-0.1, -0.05) is 18.2 Å². The number of methoxy groups -OCH3 is 1. The van der Waals surface area contributed by atoms with E-state index < -0.39 is 0 Å². The first-order valence-corrected chi connectivity index (χ1v) is 7.35. The second kappa shape index (κ2) is 7.90. The molecule has 0 fully saturated rings. The Morgan fingerprint density at radius 3 is 3.19 bits per heavy atom. The zero-order valence-corrected chi connectivity index (χ0v) is 12.9. The number of aromatic amines is 1. The number of hydrogen-bond acceptors (Lipinski definition) is 4. The van der Waals surface area contributed by atoms with Gasteiger partial charge in [0.1, 0.15) is 5.65 Å². The summed E-state index contributed by atoms with van der Waals surface area (Å²) in [4.78, 5) is 7.35. The van der Waals surface area contributed by atoms with E-state index in [0.29, 0.717) is 11.6 Å². The minimum atomic E-state index is 0.194. The number of nitrogens with zero attached hydrogens (tertiary/aromatic N) is 1. The molecule has 0 aromatic carbocycles. The normalized spacial score (nSPS) is 12.3. The summed E-state index contributed by atoms with van der Waals surface area (Å²) < 4.78 is 5.30. The van der Waals surface area contributed by atoms with Gasteiger partial charge in [0, 0.05) is 31.3 Å². The van der Waals surface area contributed by atoms with Gasteiger partial charge >= 0.3 is 0 Å². The lowest BCUT2D eigenvalue weighted by Crippen LogP contribution is -2.26. The van der Waals surface area contributed by atoms with Crippen molar-refractivity contribution in [3.05, 3.63) is 36.3 Å². The summed E-state index contributed by atoms with van der Waals surface area (Å²) in [5, 5.41) is 8.20. The largest absolute Gasteiger partial charge is 0.391 e. The number of anilines is 1. The number of rotatable bonds is 9. The Labute approximate surface area is 129 Å². The van der Waals surface area contributed by atoms with Crippen LogP contribution in [0, 0.1) is 0 Å². The van der Waals surface area contributed by atoms with Gasteiger partial charge in [0.15, 0.2) is 0 Å². The average molecular weight is 309 g/mol. The van der Waals surface area contributed by atoms with Gasteiger partial charge in [-0.25, -0.2) is 4.98 Å². The van der Waals surface area contributed by atoms with Crippen molar-refractivity contribution in [1.82, 2.24) is 15.3 Å². The molecule has 0 aliphatic rings. The van der Waals surface area contributed by atoms with Gasteiger partial charge in [0.2, 0.25) is 0 Å². The van der Waals surface area contributed by atoms with Crippen LogP contribution in [0.2, 0.25) is 5.02 Å². The number of hydrogen-bond donors (Lipinski definition) is 3. The van der Waals surface area contributed by atoms with E-state index in [9.17, 15) is 0 Å². The maximum atomic E-state index is 6.28. The fraction of sp³-hybridized carbons (Fsp3) is 0.400. The van der Waals surface area contributed by atoms with E-state index >= 15 is 0 Å². The molecule has 0 aliphatic carbocycles. The number of nitrogens with one attached hydrogen (secondary N) is 3. The predicted octanol–water partition coefficient (Wildman–Crippen LogP) is 3.16. The van der Waals surface area contributed by atoms with Gasteiger partial charge in [-0.15, -0.1) is 0 Å². The third kappa shape index (κ3) is 4.12. The highest BCUT2D eigenvalue weighted by Crippen LogP contribution is 2.30. The van der Waals surface area contributed by atoms with E-state index in [1.807, 2.05) is 12.3 Å². The van der Waals surface area contributed by atoms with E-state index in [1.165, 1.54) is 0 Å². The Hall–Kier alpha value is -1.72. The maximum absolute atomic E-state index is 6.28. The predicted molar refractivity (Wildman–Crippen MR) is 87.8 cm³/mol. The molecular weight excluding hydrogens is 288 g/mol. The zero-order chi connectivity index (χ0) is 15.1. The van der Waals surface area contributed by atoms with Crippen molar-refractivity contribution in [2.45, 2.75) is 18.9 Å². The Balaban J connectivity index is 2.08. The minimum absolute atomic E-state index is 0.194. The van der Waals surface area contributed by atoms with Crippen LogP contribution < -0.4 is 10.6 Å². The quantitative estimate of drug-likeness (QED) is 0.623. The van der Waals surface area contributed by atoms with Crippen LogP contribution in [0.25, 0.3) is 11.0 Å². The fourth-order valence-corrected chi connectivity index (χ4v) is 2.49. The molecular formula is C15H21ClN4O. The fourth-order valence-electron chi connectivity index (χ4n) is 2.29. The first kappa shape index (κ1) is 15.7. The number of halogens is 1. The molecule has 1 atom stereocenters. The van der Waals surface area contributed by atoms with Crippen molar-refractivity contribution in [2.75, 3.05) is 25.6 Å². The van der Waals surface area contributed by atoms with Crippen molar-refractivity contribution in [1.29, 1.82) is 0 Å². The lowest BCUT2D eigenvalue weighted by molar-refractivity contribution is 0.182. The molecule has 114 valence electrons. The third-order valence-corrected chi connectivity index (χ3v) is 3.56. The summed E-state index contributed by atoms with van der Waals surface area (Å²) >= 11 is 6.28. The lowest BCUT2D eigenvalue weighted by atomic mass is 10.1. The highest BCUT2D eigenvalue weighted by Gasteiger charge is 2.14.